The summed E-state index contributed by atoms with van der Waals surface area (Å²) in [6.07, 6.45) is 3.08. The van der Waals surface area contributed by atoms with Crippen molar-refractivity contribution in [3.63, 3.8) is 0 Å². The summed E-state index contributed by atoms with van der Waals surface area (Å²) in [6.45, 7) is 6.33. The Morgan fingerprint density at radius 2 is 2.35 bits per heavy atom. The molecule has 0 aromatic rings. The molecule has 0 aromatic carbocycles. The third-order valence-corrected chi connectivity index (χ3v) is 3.63. The number of amides is 1. The van der Waals surface area contributed by atoms with Gasteiger partial charge in [0.05, 0.1) is 11.5 Å². The van der Waals surface area contributed by atoms with Gasteiger partial charge in [0.1, 0.15) is 0 Å². The third-order valence-electron chi connectivity index (χ3n) is 3.29. The summed E-state index contributed by atoms with van der Waals surface area (Å²) in [5.74, 6) is 0.373. The molecule has 1 fully saturated rings. The van der Waals surface area contributed by atoms with E-state index in [1.54, 1.807) is 0 Å². The molecule has 3 N–H and O–H groups in total. The number of nitrogens with zero attached hydrogens (tertiary/aromatic N) is 1. The van der Waals surface area contributed by atoms with Crippen molar-refractivity contribution in [2.75, 3.05) is 19.6 Å². The van der Waals surface area contributed by atoms with Crippen molar-refractivity contribution in [3.05, 3.63) is 0 Å². The third kappa shape index (κ3) is 5.00. The molecule has 0 bridgehead atoms. The first-order valence-corrected chi connectivity index (χ1v) is 6.74. The van der Waals surface area contributed by atoms with Crippen LogP contribution in [0.15, 0.2) is 0 Å². The number of piperidine rings is 1. The summed E-state index contributed by atoms with van der Waals surface area (Å²) in [5.41, 5.74) is 5.67. The van der Waals surface area contributed by atoms with Crippen molar-refractivity contribution in [2.24, 2.45) is 11.7 Å². The van der Waals surface area contributed by atoms with Crippen LogP contribution in [0.25, 0.3) is 0 Å². The molecule has 0 radical (unpaired) electrons. The molecule has 5 heteroatoms. The monoisotopic (exact) mass is 257 g/mol. The van der Waals surface area contributed by atoms with Crippen LogP contribution in [-0.2, 0) is 4.79 Å². The van der Waals surface area contributed by atoms with Crippen LogP contribution in [0.5, 0.6) is 0 Å². The van der Waals surface area contributed by atoms with Gasteiger partial charge in [-0.3, -0.25) is 9.69 Å². The molecule has 2 unspecified atom stereocenters. The Labute approximate surface area is 109 Å². The van der Waals surface area contributed by atoms with E-state index in [4.69, 9.17) is 18.0 Å². The number of thiocarbonyl (C=S) groups is 1. The van der Waals surface area contributed by atoms with Gasteiger partial charge in [-0.2, -0.15) is 0 Å². The van der Waals surface area contributed by atoms with Crippen LogP contribution in [0.3, 0.4) is 0 Å². The molecule has 17 heavy (non-hydrogen) atoms. The van der Waals surface area contributed by atoms with E-state index in [0.29, 0.717) is 11.5 Å². The molecule has 1 heterocycles. The molecule has 1 aliphatic heterocycles. The summed E-state index contributed by atoms with van der Waals surface area (Å²) < 4.78 is 0. The first kappa shape index (κ1) is 14.4. The number of nitrogens with two attached hydrogens (primary N) is 1. The number of hydrogen-bond acceptors (Lipinski definition) is 3. The quantitative estimate of drug-likeness (QED) is 0.719. The largest absolute Gasteiger partial charge is 0.393 e. The zero-order valence-electron chi connectivity index (χ0n) is 10.7. The van der Waals surface area contributed by atoms with Gasteiger partial charge in [-0.15, -0.1) is 0 Å². The molecule has 98 valence electrons. The van der Waals surface area contributed by atoms with Crippen LogP contribution in [0.2, 0.25) is 0 Å². The fraction of sp³-hybridized carbons (Fsp3) is 0.833. The van der Waals surface area contributed by atoms with Gasteiger partial charge in [-0.1, -0.05) is 19.1 Å². The van der Waals surface area contributed by atoms with E-state index in [2.05, 4.69) is 17.1 Å². The number of carbonyl (C=O) groups excluding carboxylic acids is 1. The van der Waals surface area contributed by atoms with E-state index < -0.39 is 0 Å². The fourth-order valence-corrected chi connectivity index (χ4v) is 2.25. The molecule has 2 atom stereocenters. The van der Waals surface area contributed by atoms with Gasteiger partial charge in [0.15, 0.2) is 0 Å². The Bertz CT molecular complexity index is 283. The van der Waals surface area contributed by atoms with E-state index in [-0.39, 0.29) is 17.9 Å². The van der Waals surface area contributed by atoms with Crippen molar-refractivity contribution in [1.82, 2.24) is 10.2 Å². The second kappa shape index (κ2) is 6.91. The SMILES string of the molecule is CCC(C)NC(=O)CN1CCCC(C(N)=S)C1. The van der Waals surface area contributed by atoms with Crippen molar-refractivity contribution in [3.8, 4) is 0 Å². The Balaban J connectivity index is 2.35. The van der Waals surface area contributed by atoms with Gasteiger partial charge in [0.25, 0.3) is 0 Å². The summed E-state index contributed by atoms with van der Waals surface area (Å²) >= 11 is 5.02. The van der Waals surface area contributed by atoms with E-state index in [9.17, 15) is 4.79 Å². The molecule has 0 saturated carbocycles. The summed E-state index contributed by atoms with van der Waals surface area (Å²) in [4.78, 5) is 14.5. The molecule has 1 aliphatic rings. The van der Waals surface area contributed by atoms with Crippen LogP contribution in [-0.4, -0.2) is 41.5 Å². The van der Waals surface area contributed by atoms with Crippen molar-refractivity contribution < 1.29 is 4.79 Å². The highest BCUT2D eigenvalue weighted by molar-refractivity contribution is 7.80. The lowest BCUT2D eigenvalue weighted by molar-refractivity contribution is -0.123. The van der Waals surface area contributed by atoms with Crippen LogP contribution in [0.4, 0.5) is 0 Å². The van der Waals surface area contributed by atoms with Crippen molar-refractivity contribution in [1.29, 1.82) is 0 Å². The maximum Gasteiger partial charge on any atom is 0.234 e. The molecule has 0 aliphatic carbocycles. The smallest absolute Gasteiger partial charge is 0.234 e. The lowest BCUT2D eigenvalue weighted by Crippen LogP contribution is -2.46. The fourth-order valence-electron chi connectivity index (χ4n) is 2.06. The average Bonchev–Trinajstić information content (AvgIpc) is 2.28. The van der Waals surface area contributed by atoms with Crippen LogP contribution < -0.4 is 11.1 Å². The van der Waals surface area contributed by atoms with E-state index in [1.165, 1.54) is 0 Å². The Hall–Kier alpha value is -0.680. The topological polar surface area (TPSA) is 58.4 Å². The molecule has 0 aromatic heterocycles. The molecular weight excluding hydrogens is 234 g/mol. The van der Waals surface area contributed by atoms with Crippen LogP contribution in [0, 0.1) is 5.92 Å². The van der Waals surface area contributed by atoms with Gasteiger partial charge in [-0.25, -0.2) is 0 Å². The Morgan fingerprint density at radius 3 is 2.94 bits per heavy atom. The second-order valence-electron chi connectivity index (χ2n) is 4.85. The minimum atomic E-state index is 0.0999. The molecule has 1 saturated heterocycles. The summed E-state index contributed by atoms with van der Waals surface area (Å²) in [6, 6.07) is 0.249. The van der Waals surface area contributed by atoms with E-state index in [0.717, 1.165) is 32.4 Å². The number of likely N-dealkylation sites (tertiary alicyclic amines) is 1. The highest BCUT2D eigenvalue weighted by Crippen LogP contribution is 2.16. The van der Waals surface area contributed by atoms with Crippen LogP contribution in [0.1, 0.15) is 33.1 Å². The van der Waals surface area contributed by atoms with E-state index in [1.807, 2.05) is 6.92 Å². The van der Waals surface area contributed by atoms with Crippen molar-refractivity contribution in [2.45, 2.75) is 39.2 Å². The number of rotatable bonds is 5. The van der Waals surface area contributed by atoms with Gasteiger partial charge in [-0.05, 0) is 32.7 Å². The summed E-state index contributed by atoms with van der Waals surface area (Å²) in [7, 11) is 0. The first-order valence-electron chi connectivity index (χ1n) is 6.34. The maximum absolute atomic E-state index is 11.7. The Morgan fingerprint density at radius 1 is 1.65 bits per heavy atom. The minimum Gasteiger partial charge on any atom is -0.393 e. The zero-order valence-corrected chi connectivity index (χ0v) is 11.6. The highest BCUT2D eigenvalue weighted by Gasteiger charge is 2.23. The highest BCUT2D eigenvalue weighted by atomic mass is 32.1. The molecule has 0 spiro atoms. The Kier molecular flexibility index (Phi) is 5.85. The van der Waals surface area contributed by atoms with E-state index >= 15 is 0 Å². The van der Waals surface area contributed by atoms with Crippen LogP contribution >= 0.6 is 12.2 Å². The zero-order chi connectivity index (χ0) is 12.8. The number of carbonyl (C=O) groups is 1. The predicted molar refractivity (Wildman–Crippen MR) is 73.8 cm³/mol. The normalized spacial score (nSPS) is 23.1. The first-order chi connectivity index (χ1) is 8.02. The minimum absolute atomic E-state index is 0.0999. The van der Waals surface area contributed by atoms with Gasteiger partial charge in [0.2, 0.25) is 5.91 Å². The lowest BCUT2D eigenvalue weighted by Gasteiger charge is -2.31. The van der Waals surface area contributed by atoms with Gasteiger partial charge < -0.3 is 11.1 Å². The van der Waals surface area contributed by atoms with Crippen molar-refractivity contribution >= 4 is 23.1 Å². The molecular formula is C12H23N3OS. The predicted octanol–water partition coefficient (Wildman–Crippen LogP) is 0.899. The van der Waals surface area contributed by atoms with Gasteiger partial charge in [0, 0.05) is 18.5 Å². The number of nitrogens with one attached hydrogen (secondary N) is 1. The number of hydrogen-bond donors (Lipinski definition) is 2. The summed E-state index contributed by atoms with van der Waals surface area (Å²) in [5, 5.41) is 2.98. The molecule has 4 nitrogen and oxygen atoms in total. The lowest BCUT2D eigenvalue weighted by atomic mass is 9.98. The van der Waals surface area contributed by atoms with Gasteiger partial charge >= 0.3 is 0 Å². The second-order valence-corrected chi connectivity index (χ2v) is 5.32. The molecule has 1 rings (SSSR count). The average molecular weight is 257 g/mol. The molecule has 1 amide bonds. The standard InChI is InChI=1S/C12H23N3OS/c1-3-9(2)14-11(16)8-15-6-4-5-10(7-15)12(13)17/h9-10H,3-8H2,1-2H3,(H2,13,17)(H,14,16). The maximum atomic E-state index is 11.7.